The van der Waals surface area contributed by atoms with Crippen molar-refractivity contribution >= 4 is 101 Å². The highest BCUT2D eigenvalue weighted by atomic mass is 16.3. The molecule has 3 heterocycles. The highest BCUT2D eigenvalue weighted by Crippen LogP contribution is 2.44. The van der Waals surface area contributed by atoms with Crippen molar-refractivity contribution in [3.63, 3.8) is 0 Å². The monoisotopic (exact) mass is 1460 g/mol. The molecule has 0 aliphatic carbocycles. The maximum Gasteiger partial charge on any atom is 0.143 e. The Hall–Kier alpha value is -15.2. The lowest BCUT2D eigenvalue weighted by Crippen LogP contribution is -2.17. The number of hydrogen-bond donors (Lipinski definition) is 1. The molecule has 0 unspecified atom stereocenters. The zero-order chi connectivity index (χ0) is 76.2. The van der Waals surface area contributed by atoms with Gasteiger partial charge in [0.2, 0.25) is 0 Å². The molecule has 20 rings (SSSR count). The molecule has 17 aromatic carbocycles. The number of benzene rings is 17. The third-order valence-electron chi connectivity index (χ3n) is 22.4. The Morgan fingerprint density at radius 1 is 0.254 bits per heavy atom. The van der Waals surface area contributed by atoms with Gasteiger partial charge in [-0.05, 0) is 223 Å². The second-order valence-corrected chi connectivity index (χ2v) is 29.1. The van der Waals surface area contributed by atoms with E-state index >= 15 is 0 Å². The van der Waals surface area contributed by atoms with Crippen molar-refractivity contribution in [3.05, 3.63) is 430 Å². The number of hydrogen-bond acceptors (Lipinski definition) is 4. The summed E-state index contributed by atoms with van der Waals surface area (Å²) in [5.41, 5.74) is 32.4. The number of allylic oxidation sites excluding steroid dienone is 1. The molecule has 1 N–H and O–H groups in total. The third kappa shape index (κ3) is 12.5. The van der Waals surface area contributed by atoms with E-state index in [0.717, 1.165) is 173 Å². The van der Waals surface area contributed by atoms with Gasteiger partial charge in [0.25, 0.3) is 0 Å². The predicted molar refractivity (Wildman–Crippen MR) is 479 cm³/mol. The smallest absolute Gasteiger partial charge is 0.143 e. The van der Waals surface area contributed by atoms with E-state index in [4.69, 9.17) is 4.42 Å². The molecular weight excluding hydrogens is 1390 g/mol. The van der Waals surface area contributed by atoms with E-state index in [1.165, 1.54) is 21.5 Å². The number of aromatic nitrogens is 2. The van der Waals surface area contributed by atoms with E-state index in [9.17, 15) is 5.11 Å². The van der Waals surface area contributed by atoms with Crippen LogP contribution < -0.4 is 20.4 Å². The second kappa shape index (κ2) is 29.0. The summed E-state index contributed by atoms with van der Waals surface area (Å²) in [7, 11) is 0. The van der Waals surface area contributed by atoms with Crippen molar-refractivity contribution in [1.29, 1.82) is 0 Å². The van der Waals surface area contributed by atoms with Crippen molar-refractivity contribution in [2.45, 2.75) is 0 Å². The van der Waals surface area contributed by atoms with Crippen LogP contribution >= 0.6 is 0 Å². The number of aromatic hydroxyl groups is 1. The normalized spacial score (nSPS) is 11.7. The molecule has 0 bridgehead atoms. The Morgan fingerprint density at radius 3 is 1.01 bits per heavy atom. The summed E-state index contributed by atoms with van der Waals surface area (Å²) in [5.74, 6) is 0.279. The third-order valence-corrected chi connectivity index (χ3v) is 22.4. The Balaban J connectivity index is 0.521. The molecule has 3 aromatic heterocycles. The molecule has 0 saturated carbocycles. The first-order valence-corrected chi connectivity index (χ1v) is 38.6. The Labute approximate surface area is 661 Å². The first-order valence-electron chi connectivity index (χ1n) is 38.6. The average Bonchev–Trinajstić information content (AvgIpc) is 1.58. The molecule has 114 heavy (non-hydrogen) atoms. The number of fused-ring (bicyclic) bond motifs is 7. The number of rotatable bonds is 17. The standard InChI is InChI=1S/C108H74N4O2/c1-3-18-95-72(2)114-108-97(28-17-29-100(95)108)82-39-37-81(38-40-82)85-54-68-106-102(71-85)99-27-11-14-31-104(99)112(106)94-65-51-78(52-66-94)76-47-61-92(62-48-76)110(88-23-8-5-9-24-88)90-57-43-74(44-58-90)73-41-55-89(56-42-73)109(87-21-6-4-7-22-87)91-59-45-75(46-60-91)77-49-63-93(64-50-77)111-103-30-13-10-26-98(103)101-70-84(53-67-105(101)111)80-35-33-79(34-36-80)83-19-16-20-86(69-83)96-25-12-15-32-107(96)113/h3-71,113H,1-2H2. The number of phenols is 1. The molecule has 0 spiro atoms. The van der Waals surface area contributed by atoms with Crippen molar-refractivity contribution in [2.24, 2.45) is 0 Å². The van der Waals surface area contributed by atoms with E-state index in [0.29, 0.717) is 5.42 Å². The van der Waals surface area contributed by atoms with E-state index in [1.807, 2.05) is 30.3 Å². The van der Waals surface area contributed by atoms with Gasteiger partial charge in [0, 0.05) is 88.8 Å². The van der Waals surface area contributed by atoms with Gasteiger partial charge in [-0.3, -0.25) is 0 Å². The second-order valence-electron chi connectivity index (χ2n) is 29.1. The Kier molecular flexibility index (Phi) is 17.3. The average molecular weight is 1460 g/mol. The Bertz CT molecular complexity index is 7130. The highest BCUT2D eigenvalue weighted by molar-refractivity contribution is 6.12. The molecule has 6 heteroatoms. The first-order chi connectivity index (χ1) is 56.3. The summed E-state index contributed by atoms with van der Waals surface area (Å²) < 4.78 is 11.0. The summed E-state index contributed by atoms with van der Waals surface area (Å²) >= 11 is 0. The summed E-state index contributed by atoms with van der Waals surface area (Å²) in [6.45, 7) is 8.06. The number of furan rings is 1. The number of anilines is 6. The van der Waals surface area contributed by atoms with Crippen LogP contribution in [0.25, 0.3) is 168 Å². The van der Waals surface area contributed by atoms with E-state index in [1.54, 1.807) is 12.1 Å². The maximum atomic E-state index is 10.6. The van der Waals surface area contributed by atoms with Crippen molar-refractivity contribution in [2.75, 3.05) is 9.80 Å². The number of nitrogens with zero attached hydrogens (tertiary/aromatic N) is 4. The van der Waals surface area contributed by atoms with Gasteiger partial charge in [0.1, 0.15) is 16.7 Å². The van der Waals surface area contributed by atoms with E-state index in [2.05, 4.69) is 408 Å². The van der Waals surface area contributed by atoms with Crippen LogP contribution in [-0.2, 0) is 0 Å². The molecule has 0 aliphatic heterocycles. The molecule has 0 saturated heterocycles. The Morgan fingerprint density at radius 2 is 0.570 bits per heavy atom. The van der Waals surface area contributed by atoms with Crippen LogP contribution in [0.15, 0.2) is 424 Å². The molecule has 20 aromatic rings. The SMILES string of the molecule is C=CC=c1c(=C)oc2c(-c3ccc(-c4ccc5c(c4)c4ccccc4n5-c4ccc(-c5ccc(N(c6ccccc6)c6ccc(-c7ccc(N(c8ccccc8)c8ccc(-c9ccc(-n%10c%11ccccc%11c%11cc(-c%12ccc(-c%13cccc(-c%14ccccc%14O)c%13)cc%12)ccc%11%10)cc9)cc8)cc7)cc6)cc5)cc4)cc3)cccc12. The van der Waals surface area contributed by atoms with Crippen LogP contribution in [0.1, 0.15) is 0 Å². The van der Waals surface area contributed by atoms with Gasteiger partial charge in [-0.2, -0.15) is 0 Å². The quantitative estimate of drug-likeness (QED) is 0.0987. The van der Waals surface area contributed by atoms with Gasteiger partial charge in [0.05, 0.1) is 22.1 Å². The van der Waals surface area contributed by atoms with Gasteiger partial charge in [-0.1, -0.05) is 286 Å². The first kappa shape index (κ1) is 68.1. The molecule has 0 aliphatic rings. The lowest BCUT2D eigenvalue weighted by molar-refractivity contribution is 0.477. The van der Waals surface area contributed by atoms with Gasteiger partial charge in [-0.25, -0.2) is 0 Å². The molecule has 6 nitrogen and oxygen atoms in total. The van der Waals surface area contributed by atoms with Crippen LogP contribution in [-0.4, -0.2) is 14.2 Å². The molecule has 0 atom stereocenters. The van der Waals surface area contributed by atoms with Crippen LogP contribution in [0.5, 0.6) is 5.75 Å². The van der Waals surface area contributed by atoms with Crippen LogP contribution in [0, 0.1) is 0 Å². The van der Waals surface area contributed by atoms with Crippen molar-refractivity contribution in [1.82, 2.24) is 9.13 Å². The van der Waals surface area contributed by atoms with Gasteiger partial charge in [-0.15, -0.1) is 0 Å². The number of para-hydroxylation sites is 6. The fourth-order valence-corrected chi connectivity index (χ4v) is 16.7. The zero-order valence-corrected chi connectivity index (χ0v) is 62.4. The molecule has 0 radical (unpaired) electrons. The minimum Gasteiger partial charge on any atom is -0.507 e. The summed E-state index contributed by atoms with van der Waals surface area (Å²) in [6, 6.07) is 146. The predicted octanol–water partition coefficient (Wildman–Crippen LogP) is 28.0. The molecule has 0 amide bonds. The van der Waals surface area contributed by atoms with Crippen LogP contribution in [0.2, 0.25) is 0 Å². The van der Waals surface area contributed by atoms with Crippen molar-refractivity contribution in [3.8, 4) is 106 Å². The minimum atomic E-state index is 0.279. The number of phenolic OH excluding ortho intramolecular Hbond substituents is 1. The fourth-order valence-electron chi connectivity index (χ4n) is 16.7. The van der Waals surface area contributed by atoms with Gasteiger partial charge < -0.3 is 28.5 Å². The van der Waals surface area contributed by atoms with E-state index in [-0.39, 0.29) is 5.75 Å². The van der Waals surface area contributed by atoms with Gasteiger partial charge in [0.15, 0.2) is 0 Å². The van der Waals surface area contributed by atoms with Gasteiger partial charge >= 0.3 is 0 Å². The zero-order valence-electron chi connectivity index (χ0n) is 62.4. The molecular formula is C108H74N4O2. The fraction of sp³-hybridized carbons (Fsp3) is 0. The van der Waals surface area contributed by atoms with E-state index < -0.39 is 0 Å². The molecule has 538 valence electrons. The van der Waals surface area contributed by atoms with Crippen molar-refractivity contribution < 1.29 is 9.52 Å². The van der Waals surface area contributed by atoms with Crippen LogP contribution in [0.3, 0.4) is 0 Å². The highest BCUT2D eigenvalue weighted by Gasteiger charge is 2.21. The largest absolute Gasteiger partial charge is 0.507 e. The minimum absolute atomic E-state index is 0.279. The summed E-state index contributed by atoms with van der Waals surface area (Å²) in [5, 5.41) is 17.4. The summed E-state index contributed by atoms with van der Waals surface area (Å²) in [6.07, 6.45) is 3.74. The maximum absolute atomic E-state index is 10.6. The van der Waals surface area contributed by atoms with Crippen LogP contribution in [0.4, 0.5) is 34.1 Å². The lowest BCUT2D eigenvalue weighted by Gasteiger charge is -2.26. The molecule has 0 fully saturated rings. The topological polar surface area (TPSA) is 49.7 Å². The summed E-state index contributed by atoms with van der Waals surface area (Å²) in [4.78, 5) is 4.65. The lowest BCUT2D eigenvalue weighted by atomic mass is 9.96.